The van der Waals surface area contributed by atoms with Gasteiger partial charge in [0.15, 0.2) is 9.84 Å². The number of amides is 1. The van der Waals surface area contributed by atoms with E-state index in [0.717, 1.165) is 43.5 Å². The molecule has 1 amide bonds. The third kappa shape index (κ3) is 5.84. The fourth-order valence-electron chi connectivity index (χ4n) is 6.29. The monoisotopic (exact) mass is 571 g/mol. The van der Waals surface area contributed by atoms with Gasteiger partial charge in [-0.2, -0.15) is 5.10 Å². The fraction of sp³-hybridized carbons (Fsp3) is 0.633. The van der Waals surface area contributed by atoms with Crippen molar-refractivity contribution in [3.05, 3.63) is 46.8 Å². The van der Waals surface area contributed by atoms with Crippen LogP contribution in [0.1, 0.15) is 91.4 Å². The number of ether oxygens (including phenoxy) is 2. The Morgan fingerprint density at radius 1 is 1.23 bits per heavy atom. The van der Waals surface area contributed by atoms with Crippen LogP contribution < -0.4 is 5.32 Å². The Morgan fingerprint density at radius 2 is 1.95 bits per heavy atom. The zero-order valence-corrected chi connectivity index (χ0v) is 24.6. The molecule has 2 aromatic rings. The Balaban J connectivity index is 1.31. The number of hydrogen-bond donors (Lipinski definition) is 1. The van der Waals surface area contributed by atoms with Gasteiger partial charge >= 0.3 is 5.97 Å². The highest BCUT2D eigenvalue weighted by atomic mass is 32.2. The molecule has 9 nitrogen and oxygen atoms in total. The lowest BCUT2D eigenvalue weighted by atomic mass is 9.76. The number of carbonyl (C=O) groups excluding carboxylic acids is 2. The molecule has 0 bridgehead atoms. The lowest BCUT2D eigenvalue weighted by molar-refractivity contribution is 0.0145. The number of carbonyl (C=O) groups is 2. The van der Waals surface area contributed by atoms with Gasteiger partial charge in [0.1, 0.15) is 0 Å². The van der Waals surface area contributed by atoms with Crippen molar-refractivity contribution in [2.45, 2.75) is 88.8 Å². The molecule has 1 spiro atoms. The van der Waals surface area contributed by atoms with Crippen molar-refractivity contribution in [2.75, 3.05) is 26.4 Å². The average molecular weight is 572 g/mol. The van der Waals surface area contributed by atoms with Crippen molar-refractivity contribution in [1.82, 2.24) is 15.1 Å². The minimum Gasteiger partial charge on any atom is -0.461 e. The molecule has 40 heavy (non-hydrogen) atoms. The Morgan fingerprint density at radius 3 is 2.65 bits per heavy atom. The third-order valence-corrected chi connectivity index (χ3v) is 11.0. The molecule has 1 N–H and O–H groups in total. The molecule has 0 atom stereocenters. The number of nitrogens with zero attached hydrogens (tertiary/aromatic N) is 2. The first-order valence-corrected chi connectivity index (χ1v) is 16.0. The van der Waals surface area contributed by atoms with E-state index in [2.05, 4.69) is 5.32 Å². The van der Waals surface area contributed by atoms with Gasteiger partial charge in [-0.25, -0.2) is 13.2 Å². The molecule has 1 aromatic heterocycles. The zero-order valence-electron chi connectivity index (χ0n) is 23.8. The van der Waals surface area contributed by atoms with E-state index in [9.17, 15) is 18.0 Å². The Bertz CT molecular complexity index is 1370. The summed E-state index contributed by atoms with van der Waals surface area (Å²) in [4.78, 5) is 26.3. The van der Waals surface area contributed by atoms with E-state index >= 15 is 0 Å². The lowest BCUT2D eigenvalue weighted by Crippen LogP contribution is -2.41. The minimum atomic E-state index is -3.47. The van der Waals surface area contributed by atoms with Crippen molar-refractivity contribution in [2.24, 2.45) is 10.8 Å². The number of benzene rings is 1. The number of fused-ring (bicyclic) bond motifs is 1. The van der Waals surface area contributed by atoms with Crippen LogP contribution in [0.3, 0.4) is 0 Å². The van der Waals surface area contributed by atoms with Crippen LogP contribution in [0, 0.1) is 10.8 Å². The van der Waals surface area contributed by atoms with E-state index in [-0.39, 0.29) is 33.6 Å². The van der Waals surface area contributed by atoms with Crippen molar-refractivity contribution in [1.29, 1.82) is 0 Å². The Kier molecular flexibility index (Phi) is 8.12. The molecule has 1 aliphatic carbocycles. The molecule has 1 saturated carbocycles. The van der Waals surface area contributed by atoms with E-state index in [0.29, 0.717) is 51.1 Å². The van der Waals surface area contributed by atoms with Crippen LogP contribution in [0.2, 0.25) is 0 Å². The number of sulfone groups is 1. The number of aromatic nitrogens is 2. The second-order valence-electron chi connectivity index (χ2n) is 12.5. The molecule has 10 heteroatoms. The molecule has 5 rings (SSSR count). The summed E-state index contributed by atoms with van der Waals surface area (Å²) in [5, 5.41) is 7.61. The summed E-state index contributed by atoms with van der Waals surface area (Å²) in [6.07, 6.45) is 6.33. The van der Waals surface area contributed by atoms with Gasteiger partial charge in [-0.1, -0.05) is 39.7 Å². The van der Waals surface area contributed by atoms with Crippen molar-refractivity contribution < 1.29 is 27.5 Å². The topological polar surface area (TPSA) is 117 Å². The summed E-state index contributed by atoms with van der Waals surface area (Å²) in [7, 11) is -3.47. The van der Waals surface area contributed by atoms with Gasteiger partial charge in [0.2, 0.25) is 0 Å². The van der Waals surface area contributed by atoms with Gasteiger partial charge in [0, 0.05) is 31.7 Å². The van der Waals surface area contributed by atoms with Gasteiger partial charge in [0.05, 0.1) is 39.3 Å². The number of esters is 1. The van der Waals surface area contributed by atoms with Crippen LogP contribution in [-0.4, -0.2) is 61.7 Å². The molecule has 218 valence electrons. The lowest BCUT2D eigenvalue weighted by Gasteiger charge is -2.36. The van der Waals surface area contributed by atoms with E-state index in [4.69, 9.17) is 14.6 Å². The molecule has 1 aromatic carbocycles. The normalized spacial score (nSPS) is 19.7. The molecule has 0 unspecified atom stereocenters. The van der Waals surface area contributed by atoms with Crippen molar-refractivity contribution in [3.63, 3.8) is 0 Å². The Hall–Kier alpha value is -2.72. The van der Waals surface area contributed by atoms with E-state index in [1.165, 1.54) is 6.07 Å². The first-order valence-electron chi connectivity index (χ1n) is 14.5. The maximum Gasteiger partial charge on any atom is 0.338 e. The quantitative estimate of drug-likeness (QED) is 0.474. The van der Waals surface area contributed by atoms with E-state index in [1.807, 2.05) is 25.5 Å². The van der Waals surface area contributed by atoms with Crippen LogP contribution in [0.25, 0.3) is 0 Å². The van der Waals surface area contributed by atoms with Crippen molar-refractivity contribution in [3.8, 4) is 0 Å². The summed E-state index contributed by atoms with van der Waals surface area (Å²) >= 11 is 0. The van der Waals surface area contributed by atoms with Gasteiger partial charge in [0.25, 0.3) is 5.91 Å². The van der Waals surface area contributed by atoms with Gasteiger partial charge in [-0.3, -0.25) is 9.48 Å². The molecule has 3 aliphatic rings. The zero-order chi connectivity index (χ0) is 28.5. The van der Waals surface area contributed by atoms with Crippen LogP contribution in [0.15, 0.2) is 29.2 Å². The molecular weight excluding hydrogens is 530 g/mol. The fourth-order valence-corrected chi connectivity index (χ4v) is 8.19. The third-order valence-electron chi connectivity index (χ3n) is 8.72. The van der Waals surface area contributed by atoms with Gasteiger partial charge in [-0.05, 0) is 62.1 Å². The number of hydrogen-bond acceptors (Lipinski definition) is 7. The molecule has 1 saturated heterocycles. The molecule has 2 fully saturated rings. The first kappa shape index (κ1) is 28.8. The highest BCUT2D eigenvalue weighted by Gasteiger charge is 2.40. The molecule has 0 radical (unpaired) electrons. The number of nitrogens with one attached hydrogen (secondary N) is 1. The van der Waals surface area contributed by atoms with Gasteiger partial charge in [-0.15, -0.1) is 0 Å². The maximum atomic E-state index is 13.1. The van der Waals surface area contributed by atoms with E-state index in [1.54, 1.807) is 18.2 Å². The first-order chi connectivity index (χ1) is 19.0. The molecular formula is C30H41N3O6S. The largest absolute Gasteiger partial charge is 0.461 e. The summed E-state index contributed by atoms with van der Waals surface area (Å²) in [6, 6.07) is 6.20. The van der Waals surface area contributed by atoms with Crippen molar-refractivity contribution >= 4 is 21.7 Å². The SMILES string of the molecule is CCc1nn(CC(C)(C)COC(=O)c2cccc(S(=O)(=O)C3CCCC3)c2)c2c1C(=O)NCC1(CCOCC1)C2. The summed E-state index contributed by atoms with van der Waals surface area (Å²) < 4.78 is 39.4. The highest BCUT2D eigenvalue weighted by molar-refractivity contribution is 7.92. The van der Waals surface area contributed by atoms with Gasteiger partial charge < -0.3 is 14.8 Å². The standard InChI is InChI=1S/C30H41N3O6S/c1-4-24-26-25(17-30(18-31-27(26)34)12-14-38-15-13-30)33(32-24)19-29(2,3)20-39-28(35)21-8-7-11-23(16-21)40(36,37)22-9-5-6-10-22/h7-8,11,16,22H,4-6,9-10,12-15,17-20H2,1-3H3,(H,31,34). The average Bonchev–Trinajstić information content (AvgIpc) is 3.57. The Labute approximate surface area is 236 Å². The summed E-state index contributed by atoms with van der Waals surface area (Å²) in [5.74, 6) is -0.622. The predicted octanol–water partition coefficient (Wildman–Crippen LogP) is 4.13. The smallest absolute Gasteiger partial charge is 0.338 e. The second kappa shape index (κ2) is 11.3. The molecule has 3 heterocycles. The second-order valence-corrected chi connectivity index (χ2v) is 14.7. The summed E-state index contributed by atoms with van der Waals surface area (Å²) in [5.41, 5.74) is 2.10. The maximum absolute atomic E-state index is 13.1. The summed E-state index contributed by atoms with van der Waals surface area (Å²) in [6.45, 7) is 8.59. The highest BCUT2D eigenvalue weighted by Crippen LogP contribution is 2.38. The van der Waals surface area contributed by atoms with Crippen LogP contribution >= 0.6 is 0 Å². The van der Waals surface area contributed by atoms with Crippen LogP contribution in [-0.2, 0) is 38.7 Å². The minimum absolute atomic E-state index is 0.0532. The molecule has 2 aliphatic heterocycles. The predicted molar refractivity (Wildman–Crippen MR) is 150 cm³/mol. The number of rotatable bonds is 8. The van der Waals surface area contributed by atoms with E-state index < -0.39 is 21.2 Å². The van der Waals surface area contributed by atoms with Crippen LogP contribution in [0.4, 0.5) is 0 Å². The van der Waals surface area contributed by atoms with Crippen LogP contribution in [0.5, 0.6) is 0 Å². The number of aryl methyl sites for hydroxylation is 1.